The molecule has 1 rings (SSSR count). The highest BCUT2D eigenvalue weighted by molar-refractivity contribution is 4.91. The highest BCUT2D eigenvalue weighted by Crippen LogP contribution is 2.38. The normalized spacial score (nSPS) is 27.0. The summed E-state index contributed by atoms with van der Waals surface area (Å²) in [7, 11) is 1.70. The van der Waals surface area contributed by atoms with E-state index in [1.807, 2.05) is 0 Å². The van der Waals surface area contributed by atoms with Gasteiger partial charge in [0.25, 0.3) is 0 Å². The van der Waals surface area contributed by atoms with E-state index in [1.165, 1.54) is 19.3 Å². The summed E-state index contributed by atoms with van der Waals surface area (Å²) in [6.07, 6.45) is 4.99. The molecule has 0 saturated carbocycles. The summed E-state index contributed by atoms with van der Waals surface area (Å²) in [5.41, 5.74) is 0.305. The largest absolute Gasteiger partial charge is 0.382 e. The van der Waals surface area contributed by atoms with Crippen molar-refractivity contribution in [2.24, 2.45) is 5.41 Å². The molecule has 0 aromatic carbocycles. The zero-order valence-corrected chi connectivity index (χ0v) is 12.9. The minimum atomic E-state index is 0.305. The summed E-state index contributed by atoms with van der Waals surface area (Å²) in [5, 5.41) is 3.57. The van der Waals surface area contributed by atoms with Crippen LogP contribution < -0.4 is 5.32 Å². The van der Waals surface area contributed by atoms with Crippen LogP contribution in [0.1, 0.15) is 39.5 Å². The van der Waals surface area contributed by atoms with Gasteiger partial charge < -0.3 is 19.5 Å². The first kappa shape index (κ1) is 16.9. The van der Waals surface area contributed by atoms with Gasteiger partial charge in [-0.15, -0.1) is 0 Å². The first-order valence-corrected chi connectivity index (χ1v) is 7.64. The second-order valence-corrected chi connectivity index (χ2v) is 5.51. The van der Waals surface area contributed by atoms with Gasteiger partial charge in [-0.1, -0.05) is 6.92 Å². The number of nitrogens with one attached hydrogen (secondary N) is 1. The van der Waals surface area contributed by atoms with E-state index >= 15 is 0 Å². The lowest BCUT2D eigenvalue weighted by Gasteiger charge is -2.32. The van der Waals surface area contributed by atoms with E-state index in [4.69, 9.17) is 14.2 Å². The predicted molar refractivity (Wildman–Crippen MR) is 77.6 cm³/mol. The van der Waals surface area contributed by atoms with Crippen LogP contribution in [0.15, 0.2) is 0 Å². The maximum Gasteiger partial charge on any atom is 0.0700 e. The van der Waals surface area contributed by atoms with Gasteiger partial charge in [-0.2, -0.15) is 0 Å². The van der Waals surface area contributed by atoms with Crippen LogP contribution in [-0.2, 0) is 14.2 Å². The maximum absolute atomic E-state index is 5.79. The number of methoxy groups -OCH3 is 1. The Balaban J connectivity index is 2.25. The minimum Gasteiger partial charge on any atom is -0.382 e. The molecule has 1 fully saturated rings. The van der Waals surface area contributed by atoms with Crippen molar-refractivity contribution in [3.05, 3.63) is 0 Å². The average molecular weight is 273 g/mol. The second-order valence-electron chi connectivity index (χ2n) is 5.51. The topological polar surface area (TPSA) is 39.7 Å². The Kier molecular flexibility index (Phi) is 8.62. The Morgan fingerprint density at radius 2 is 2.16 bits per heavy atom. The van der Waals surface area contributed by atoms with Gasteiger partial charge in [0, 0.05) is 32.3 Å². The Labute approximate surface area is 118 Å². The Morgan fingerprint density at radius 3 is 2.79 bits per heavy atom. The Morgan fingerprint density at radius 1 is 1.32 bits per heavy atom. The van der Waals surface area contributed by atoms with E-state index in [9.17, 15) is 0 Å². The van der Waals surface area contributed by atoms with E-state index in [0.717, 1.165) is 32.7 Å². The average Bonchev–Trinajstić information content (AvgIpc) is 2.76. The van der Waals surface area contributed by atoms with Gasteiger partial charge in [0.2, 0.25) is 0 Å². The SMILES string of the molecule is CCCNCC1(CCCOCCOC)CCOC1C. The molecule has 4 heteroatoms. The monoisotopic (exact) mass is 273 g/mol. The fourth-order valence-corrected chi connectivity index (χ4v) is 2.75. The fraction of sp³-hybridized carbons (Fsp3) is 1.00. The molecule has 2 unspecified atom stereocenters. The summed E-state index contributed by atoms with van der Waals surface area (Å²) in [6, 6.07) is 0. The van der Waals surface area contributed by atoms with Crippen LogP contribution in [0.3, 0.4) is 0 Å². The van der Waals surface area contributed by atoms with Crippen LogP contribution in [0, 0.1) is 5.41 Å². The smallest absolute Gasteiger partial charge is 0.0700 e. The number of ether oxygens (including phenoxy) is 3. The molecule has 114 valence electrons. The van der Waals surface area contributed by atoms with Crippen molar-refractivity contribution in [2.45, 2.75) is 45.6 Å². The summed E-state index contributed by atoms with van der Waals surface area (Å²) >= 11 is 0. The van der Waals surface area contributed by atoms with Gasteiger partial charge >= 0.3 is 0 Å². The molecule has 0 bridgehead atoms. The summed E-state index contributed by atoms with van der Waals surface area (Å²) in [5.74, 6) is 0. The molecule has 0 radical (unpaired) electrons. The second kappa shape index (κ2) is 9.70. The standard InChI is InChI=1S/C15H31NO3/c1-4-8-16-13-15(7-10-19-14(15)2)6-5-9-18-12-11-17-3/h14,16H,4-13H2,1-3H3. The zero-order chi connectivity index (χ0) is 14.0. The molecule has 19 heavy (non-hydrogen) atoms. The Hall–Kier alpha value is -0.160. The summed E-state index contributed by atoms with van der Waals surface area (Å²) < 4.78 is 16.3. The summed E-state index contributed by atoms with van der Waals surface area (Å²) in [4.78, 5) is 0. The molecule has 0 aliphatic carbocycles. The lowest BCUT2D eigenvalue weighted by Crippen LogP contribution is -2.40. The van der Waals surface area contributed by atoms with Crippen molar-refractivity contribution >= 4 is 0 Å². The molecule has 4 nitrogen and oxygen atoms in total. The van der Waals surface area contributed by atoms with Crippen LogP contribution in [0.2, 0.25) is 0 Å². The molecular weight excluding hydrogens is 242 g/mol. The molecule has 1 aliphatic rings. The molecular formula is C15H31NO3. The van der Waals surface area contributed by atoms with Crippen molar-refractivity contribution in [1.29, 1.82) is 0 Å². The van der Waals surface area contributed by atoms with Crippen LogP contribution in [0.5, 0.6) is 0 Å². The van der Waals surface area contributed by atoms with E-state index in [2.05, 4.69) is 19.2 Å². The third-order valence-corrected chi connectivity index (χ3v) is 4.13. The van der Waals surface area contributed by atoms with Gasteiger partial charge in [0.05, 0.1) is 19.3 Å². The molecule has 1 saturated heterocycles. The van der Waals surface area contributed by atoms with E-state index in [-0.39, 0.29) is 0 Å². The highest BCUT2D eigenvalue weighted by Gasteiger charge is 2.40. The zero-order valence-electron chi connectivity index (χ0n) is 12.9. The lowest BCUT2D eigenvalue weighted by atomic mass is 9.77. The first-order valence-electron chi connectivity index (χ1n) is 7.64. The van der Waals surface area contributed by atoms with Crippen molar-refractivity contribution in [3.8, 4) is 0 Å². The number of hydrogen-bond acceptors (Lipinski definition) is 4. The van der Waals surface area contributed by atoms with Crippen LogP contribution in [0.25, 0.3) is 0 Å². The van der Waals surface area contributed by atoms with Crippen molar-refractivity contribution in [2.75, 3.05) is 46.6 Å². The van der Waals surface area contributed by atoms with E-state index in [1.54, 1.807) is 7.11 Å². The highest BCUT2D eigenvalue weighted by atomic mass is 16.5. The van der Waals surface area contributed by atoms with Crippen molar-refractivity contribution in [1.82, 2.24) is 5.32 Å². The third-order valence-electron chi connectivity index (χ3n) is 4.13. The fourth-order valence-electron chi connectivity index (χ4n) is 2.75. The Bertz CT molecular complexity index is 225. The third kappa shape index (κ3) is 5.78. The van der Waals surface area contributed by atoms with Crippen LogP contribution in [0.4, 0.5) is 0 Å². The number of rotatable bonds is 11. The van der Waals surface area contributed by atoms with Gasteiger partial charge in [0.1, 0.15) is 0 Å². The van der Waals surface area contributed by atoms with Crippen molar-refractivity contribution in [3.63, 3.8) is 0 Å². The molecule has 1 N–H and O–H groups in total. The van der Waals surface area contributed by atoms with Gasteiger partial charge in [-0.25, -0.2) is 0 Å². The van der Waals surface area contributed by atoms with Crippen molar-refractivity contribution < 1.29 is 14.2 Å². The predicted octanol–water partition coefficient (Wildman–Crippen LogP) is 2.22. The van der Waals surface area contributed by atoms with Gasteiger partial charge in [0.15, 0.2) is 0 Å². The van der Waals surface area contributed by atoms with Gasteiger partial charge in [-0.05, 0) is 39.2 Å². The van der Waals surface area contributed by atoms with E-state index < -0.39 is 0 Å². The molecule has 1 aliphatic heterocycles. The molecule has 0 aromatic heterocycles. The summed E-state index contributed by atoms with van der Waals surface area (Å²) in [6.45, 7) is 9.70. The quantitative estimate of drug-likeness (QED) is 0.586. The van der Waals surface area contributed by atoms with Crippen LogP contribution in [-0.4, -0.2) is 52.7 Å². The van der Waals surface area contributed by atoms with Gasteiger partial charge in [-0.3, -0.25) is 0 Å². The number of hydrogen-bond donors (Lipinski definition) is 1. The molecule has 2 atom stereocenters. The molecule has 0 aromatic rings. The lowest BCUT2D eigenvalue weighted by molar-refractivity contribution is 0.0406. The first-order chi connectivity index (χ1) is 9.25. The molecule has 0 amide bonds. The van der Waals surface area contributed by atoms with Crippen LogP contribution >= 0.6 is 0 Å². The molecule has 1 heterocycles. The van der Waals surface area contributed by atoms with E-state index in [0.29, 0.717) is 24.7 Å². The molecule has 0 spiro atoms. The minimum absolute atomic E-state index is 0.305. The maximum atomic E-state index is 5.79.